The second kappa shape index (κ2) is 4.85. The van der Waals surface area contributed by atoms with Crippen molar-refractivity contribution < 1.29 is 14.5 Å². The number of nitrogens with zero attached hydrogens (tertiary/aromatic N) is 1. The van der Waals surface area contributed by atoms with Crippen molar-refractivity contribution in [3.8, 4) is 5.75 Å². The Morgan fingerprint density at radius 3 is 2.42 bits per heavy atom. The van der Waals surface area contributed by atoms with E-state index in [-0.39, 0.29) is 18.2 Å². The molecule has 0 radical (unpaired) electrons. The van der Waals surface area contributed by atoms with Gasteiger partial charge >= 0.3 is 0 Å². The molecule has 4 N–H and O–H groups in total. The molecule has 7 nitrogen and oxygen atoms in total. The van der Waals surface area contributed by atoms with Crippen molar-refractivity contribution in [1.29, 1.82) is 0 Å². The molecule has 1 aliphatic rings. The third kappa shape index (κ3) is 2.82. The van der Waals surface area contributed by atoms with Gasteiger partial charge < -0.3 is 16.2 Å². The summed E-state index contributed by atoms with van der Waals surface area (Å²) >= 11 is 0. The third-order valence-corrected chi connectivity index (χ3v) is 3.29. The van der Waals surface area contributed by atoms with Crippen LogP contribution in [0.15, 0.2) is 24.3 Å². The Morgan fingerprint density at radius 2 is 2.00 bits per heavy atom. The van der Waals surface area contributed by atoms with E-state index in [2.05, 4.69) is 0 Å². The van der Waals surface area contributed by atoms with Gasteiger partial charge in [-0.15, -0.1) is 0 Å². The fourth-order valence-electron chi connectivity index (χ4n) is 1.86. The van der Waals surface area contributed by atoms with Crippen molar-refractivity contribution in [3.05, 3.63) is 34.4 Å². The van der Waals surface area contributed by atoms with Gasteiger partial charge in [-0.25, -0.2) is 0 Å². The smallest absolute Gasteiger partial charge is 0.269 e. The first-order valence-electron chi connectivity index (χ1n) is 5.89. The third-order valence-electron chi connectivity index (χ3n) is 3.29. The fraction of sp³-hybridized carbons (Fsp3) is 0.417. The number of amides is 1. The van der Waals surface area contributed by atoms with Crippen LogP contribution in [0.5, 0.6) is 5.75 Å². The second-order valence-corrected chi connectivity index (χ2v) is 4.72. The van der Waals surface area contributed by atoms with E-state index in [0.717, 1.165) is 12.8 Å². The lowest BCUT2D eigenvalue weighted by Gasteiger charge is -2.25. The maximum atomic E-state index is 11.4. The van der Waals surface area contributed by atoms with Crippen LogP contribution in [0.4, 0.5) is 5.69 Å². The molecule has 0 aromatic heterocycles. The maximum Gasteiger partial charge on any atom is 0.269 e. The van der Waals surface area contributed by atoms with Crippen LogP contribution in [-0.2, 0) is 4.79 Å². The fourth-order valence-corrected chi connectivity index (χ4v) is 1.86. The minimum atomic E-state index is -1.16. The molecule has 1 aliphatic carbocycles. The summed E-state index contributed by atoms with van der Waals surface area (Å²) in [5.41, 5.74) is 10.1. The van der Waals surface area contributed by atoms with Gasteiger partial charge in [-0.1, -0.05) is 0 Å². The van der Waals surface area contributed by atoms with Crippen LogP contribution in [0.25, 0.3) is 0 Å². The molecular formula is C12H15N3O4. The highest BCUT2D eigenvalue weighted by atomic mass is 16.6. The molecule has 2 rings (SSSR count). The zero-order valence-corrected chi connectivity index (χ0v) is 10.2. The van der Waals surface area contributed by atoms with Crippen LogP contribution in [0.3, 0.4) is 0 Å². The van der Waals surface area contributed by atoms with Crippen molar-refractivity contribution in [2.45, 2.75) is 18.4 Å². The summed E-state index contributed by atoms with van der Waals surface area (Å²) in [6.45, 7) is -0.0230. The molecule has 0 bridgehead atoms. The Morgan fingerprint density at radius 1 is 1.42 bits per heavy atom. The molecular weight excluding hydrogens is 250 g/mol. The van der Waals surface area contributed by atoms with E-state index in [0.29, 0.717) is 5.75 Å². The maximum absolute atomic E-state index is 11.4. The number of carbonyl (C=O) groups excluding carboxylic acids is 1. The van der Waals surface area contributed by atoms with Gasteiger partial charge in [0.2, 0.25) is 5.91 Å². The van der Waals surface area contributed by atoms with Crippen LogP contribution >= 0.6 is 0 Å². The number of nitro benzene ring substituents is 1. The summed E-state index contributed by atoms with van der Waals surface area (Å²) in [4.78, 5) is 21.4. The van der Waals surface area contributed by atoms with Crippen molar-refractivity contribution >= 4 is 11.6 Å². The molecule has 102 valence electrons. The standard InChI is InChI=1S/C12H15N3O4/c13-11(16)12(14,8-1-2-8)7-19-10-5-3-9(4-6-10)15(17)18/h3-6,8H,1-2,7,14H2,(H2,13,16). The van der Waals surface area contributed by atoms with Gasteiger partial charge in [0.25, 0.3) is 5.69 Å². The van der Waals surface area contributed by atoms with Gasteiger partial charge in [0, 0.05) is 12.1 Å². The Kier molecular flexibility index (Phi) is 3.39. The summed E-state index contributed by atoms with van der Waals surface area (Å²) in [6.07, 6.45) is 1.73. The van der Waals surface area contributed by atoms with Gasteiger partial charge in [-0.2, -0.15) is 0 Å². The number of rotatable bonds is 6. The molecule has 1 aromatic carbocycles. The lowest BCUT2D eigenvalue weighted by atomic mass is 9.95. The number of ether oxygens (including phenoxy) is 1. The number of hydrogen-bond acceptors (Lipinski definition) is 5. The van der Waals surface area contributed by atoms with E-state index >= 15 is 0 Å². The first kappa shape index (κ1) is 13.3. The molecule has 0 spiro atoms. The van der Waals surface area contributed by atoms with Crippen molar-refractivity contribution in [2.24, 2.45) is 17.4 Å². The molecule has 0 heterocycles. The molecule has 1 aromatic rings. The SMILES string of the molecule is NC(=O)C(N)(COc1ccc([N+](=O)[O-])cc1)C1CC1. The quantitative estimate of drug-likeness (QED) is 0.575. The monoisotopic (exact) mass is 265 g/mol. The summed E-state index contributed by atoms with van der Waals surface area (Å²) in [7, 11) is 0. The van der Waals surface area contributed by atoms with E-state index in [1.807, 2.05) is 0 Å². The second-order valence-electron chi connectivity index (χ2n) is 4.72. The lowest BCUT2D eigenvalue weighted by molar-refractivity contribution is -0.384. The van der Waals surface area contributed by atoms with Gasteiger partial charge in [0.15, 0.2) is 0 Å². The number of primary amides is 1. The summed E-state index contributed by atoms with van der Waals surface area (Å²) in [5, 5.41) is 10.5. The largest absolute Gasteiger partial charge is 0.491 e. The molecule has 1 amide bonds. The number of hydrogen-bond donors (Lipinski definition) is 2. The number of benzene rings is 1. The van der Waals surface area contributed by atoms with Crippen molar-refractivity contribution in [2.75, 3.05) is 6.61 Å². The first-order valence-corrected chi connectivity index (χ1v) is 5.89. The van der Waals surface area contributed by atoms with E-state index in [9.17, 15) is 14.9 Å². The predicted octanol–water partition coefficient (Wildman–Crippen LogP) is 0.566. The number of nitro groups is 1. The Bertz CT molecular complexity index is 498. The number of nitrogens with two attached hydrogens (primary N) is 2. The van der Waals surface area contributed by atoms with E-state index in [4.69, 9.17) is 16.2 Å². The summed E-state index contributed by atoms with van der Waals surface area (Å²) in [5.74, 6) is -0.109. The Balaban J connectivity index is 2.01. The molecule has 19 heavy (non-hydrogen) atoms. The van der Waals surface area contributed by atoms with Crippen LogP contribution in [0, 0.1) is 16.0 Å². The number of non-ortho nitro benzene ring substituents is 1. The zero-order chi connectivity index (χ0) is 14.0. The van der Waals surface area contributed by atoms with Gasteiger partial charge in [-0.3, -0.25) is 14.9 Å². The van der Waals surface area contributed by atoms with Gasteiger partial charge in [0.05, 0.1) is 4.92 Å². The normalized spacial score (nSPS) is 17.5. The lowest BCUT2D eigenvalue weighted by Crippen LogP contribution is -2.58. The summed E-state index contributed by atoms with van der Waals surface area (Å²) < 4.78 is 5.42. The predicted molar refractivity (Wildman–Crippen MR) is 67.4 cm³/mol. The van der Waals surface area contributed by atoms with E-state index in [1.54, 1.807) is 0 Å². The average Bonchev–Trinajstić information content (AvgIpc) is 3.20. The van der Waals surface area contributed by atoms with Gasteiger partial charge in [-0.05, 0) is 30.9 Å². The molecule has 1 fully saturated rings. The minimum Gasteiger partial charge on any atom is -0.491 e. The molecule has 1 unspecified atom stereocenters. The molecule has 0 aliphatic heterocycles. The highest BCUT2D eigenvalue weighted by molar-refractivity contribution is 5.85. The van der Waals surface area contributed by atoms with Gasteiger partial charge in [0.1, 0.15) is 17.9 Å². The molecule has 7 heteroatoms. The zero-order valence-electron chi connectivity index (χ0n) is 10.2. The highest BCUT2D eigenvalue weighted by Gasteiger charge is 2.47. The first-order chi connectivity index (χ1) is 8.93. The van der Waals surface area contributed by atoms with Crippen molar-refractivity contribution in [1.82, 2.24) is 0 Å². The average molecular weight is 265 g/mol. The topological polar surface area (TPSA) is 121 Å². The van der Waals surface area contributed by atoms with Crippen LogP contribution in [0.2, 0.25) is 0 Å². The molecule has 0 saturated heterocycles. The van der Waals surface area contributed by atoms with E-state index < -0.39 is 16.4 Å². The highest BCUT2D eigenvalue weighted by Crippen LogP contribution is 2.38. The van der Waals surface area contributed by atoms with Crippen LogP contribution in [0.1, 0.15) is 12.8 Å². The Labute approximate surface area is 109 Å². The minimum absolute atomic E-state index is 0.0230. The summed E-state index contributed by atoms with van der Waals surface area (Å²) in [6, 6.07) is 5.59. The molecule has 1 saturated carbocycles. The van der Waals surface area contributed by atoms with Crippen LogP contribution < -0.4 is 16.2 Å². The Hall–Kier alpha value is -2.15. The van der Waals surface area contributed by atoms with Crippen molar-refractivity contribution in [3.63, 3.8) is 0 Å². The molecule has 1 atom stereocenters. The number of carbonyl (C=O) groups is 1. The van der Waals surface area contributed by atoms with E-state index in [1.165, 1.54) is 24.3 Å². The van der Waals surface area contributed by atoms with Crippen LogP contribution in [-0.4, -0.2) is 23.0 Å².